The molecule has 1 aliphatic rings. The summed E-state index contributed by atoms with van der Waals surface area (Å²) in [6.45, 7) is 4.90. The number of rotatable bonds is 6. The number of likely N-dealkylation sites (tertiary alicyclic amines) is 1. The van der Waals surface area contributed by atoms with E-state index < -0.39 is 0 Å². The predicted molar refractivity (Wildman–Crippen MR) is 103 cm³/mol. The smallest absolute Gasteiger partial charge is 0.220 e. The Balaban J connectivity index is 1.42. The Morgan fingerprint density at radius 3 is 2.76 bits per heavy atom. The molecule has 0 saturated carbocycles. The van der Waals surface area contributed by atoms with E-state index in [4.69, 9.17) is 11.6 Å². The first kappa shape index (κ1) is 18.0. The first-order chi connectivity index (χ1) is 12.1. The van der Waals surface area contributed by atoms with Gasteiger partial charge in [0.1, 0.15) is 0 Å². The third-order valence-electron chi connectivity index (χ3n) is 4.76. The lowest BCUT2D eigenvalue weighted by molar-refractivity contribution is -0.121. The minimum atomic E-state index is 0.128. The quantitative estimate of drug-likeness (QED) is 0.849. The molecule has 2 aromatic rings. The Hall–Kier alpha value is -1.84. The van der Waals surface area contributed by atoms with Gasteiger partial charge in [0.2, 0.25) is 5.91 Å². The van der Waals surface area contributed by atoms with Crippen molar-refractivity contribution in [2.75, 3.05) is 13.1 Å². The maximum atomic E-state index is 12.2. The van der Waals surface area contributed by atoms with Crippen molar-refractivity contribution in [1.82, 2.24) is 10.2 Å². The van der Waals surface area contributed by atoms with Gasteiger partial charge < -0.3 is 5.32 Å². The van der Waals surface area contributed by atoms with Gasteiger partial charge in [-0.15, -0.1) is 0 Å². The van der Waals surface area contributed by atoms with Gasteiger partial charge in [0.05, 0.1) is 0 Å². The number of benzene rings is 2. The molecule has 3 nitrogen and oxygen atoms in total. The van der Waals surface area contributed by atoms with Gasteiger partial charge in [-0.05, 0) is 42.5 Å². The lowest BCUT2D eigenvalue weighted by Crippen LogP contribution is -2.37. The summed E-state index contributed by atoms with van der Waals surface area (Å²) in [6.07, 6.45) is 2.26. The summed E-state index contributed by atoms with van der Waals surface area (Å²) in [6, 6.07) is 16.8. The summed E-state index contributed by atoms with van der Waals surface area (Å²) < 4.78 is 0. The first-order valence-corrected chi connectivity index (χ1v) is 9.28. The summed E-state index contributed by atoms with van der Waals surface area (Å²) >= 11 is 6.14. The standard InChI is InChI=1S/C21H25ClN2O/c1-16-7-8-17(13-20(16)22)9-10-21(25)23-19-11-12-24(15-19)14-18-5-3-2-4-6-18/h2-8,13,19H,9-12,14-15H2,1H3,(H,23,25). The van der Waals surface area contributed by atoms with E-state index in [-0.39, 0.29) is 11.9 Å². The number of carbonyl (C=O) groups is 1. The van der Waals surface area contributed by atoms with Crippen molar-refractivity contribution in [2.24, 2.45) is 0 Å². The van der Waals surface area contributed by atoms with E-state index in [1.165, 1.54) is 5.56 Å². The number of nitrogens with zero attached hydrogens (tertiary/aromatic N) is 1. The lowest BCUT2D eigenvalue weighted by Gasteiger charge is -2.17. The van der Waals surface area contributed by atoms with Gasteiger partial charge in [-0.1, -0.05) is 54.1 Å². The molecule has 0 bridgehead atoms. The van der Waals surface area contributed by atoms with Crippen LogP contribution in [-0.4, -0.2) is 29.9 Å². The van der Waals surface area contributed by atoms with E-state index in [2.05, 4.69) is 34.5 Å². The van der Waals surface area contributed by atoms with Gasteiger partial charge in [0.15, 0.2) is 0 Å². The third kappa shape index (κ3) is 5.32. The van der Waals surface area contributed by atoms with Crippen molar-refractivity contribution in [3.63, 3.8) is 0 Å². The predicted octanol–water partition coefficient (Wildman–Crippen LogP) is 3.97. The number of halogens is 1. The van der Waals surface area contributed by atoms with Crippen molar-refractivity contribution in [2.45, 2.75) is 38.8 Å². The van der Waals surface area contributed by atoms with E-state index >= 15 is 0 Å². The summed E-state index contributed by atoms with van der Waals surface area (Å²) in [4.78, 5) is 14.6. The molecule has 25 heavy (non-hydrogen) atoms. The van der Waals surface area contributed by atoms with Gasteiger partial charge in [0.25, 0.3) is 0 Å². The molecule has 132 valence electrons. The van der Waals surface area contributed by atoms with Crippen LogP contribution in [0.1, 0.15) is 29.5 Å². The van der Waals surface area contributed by atoms with Crippen LogP contribution in [0.4, 0.5) is 0 Å². The Bertz CT molecular complexity index is 717. The molecule has 4 heteroatoms. The number of amides is 1. The van der Waals surface area contributed by atoms with Crippen molar-refractivity contribution in [1.29, 1.82) is 0 Å². The summed E-state index contributed by atoms with van der Waals surface area (Å²) in [5, 5.41) is 3.95. The van der Waals surface area contributed by atoms with Gasteiger partial charge in [-0.2, -0.15) is 0 Å². The molecular weight excluding hydrogens is 332 g/mol. The van der Waals surface area contributed by atoms with Crippen LogP contribution in [-0.2, 0) is 17.8 Å². The fourth-order valence-corrected chi connectivity index (χ4v) is 3.49. The first-order valence-electron chi connectivity index (χ1n) is 8.91. The molecule has 2 aromatic carbocycles. The van der Waals surface area contributed by atoms with Crippen molar-refractivity contribution in [3.05, 3.63) is 70.2 Å². The van der Waals surface area contributed by atoms with Crippen LogP contribution in [0.2, 0.25) is 5.02 Å². The molecule has 1 saturated heterocycles. The molecule has 1 unspecified atom stereocenters. The maximum absolute atomic E-state index is 12.2. The van der Waals surface area contributed by atoms with Gasteiger partial charge in [-0.25, -0.2) is 0 Å². The summed E-state index contributed by atoms with van der Waals surface area (Å²) in [7, 11) is 0. The molecule has 3 rings (SSSR count). The molecule has 1 fully saturated rings. The van der Waals surface area contributed by atoms with Crippen LogP contribution < -0.4 is 5.32 Å². The molecule has 1 amide bonds. The second-order valence-corrected chi connectivity index (χ2v) is 7.26. The number of aryl methyl sites for hydroxylation is 2. The second-order valence-electron chi connectivity index (χ2n) is 6.86. The van der Waals surface area contributed by atoms with Gasteiger partial charge >= 0.3 is 0 Å². The van der Waals surface area contributed by atoms with Gasteiger partial charge in [-0.3, -0.25) is 9.69 Å². The van der Waals surface area contributed by atoms with Crippen molar-refractivity contribution >= 4 is 17.5 Å². The van der Waals surface area contributed by atoms with Crippen LogP contribution in [0.15, 0.2) is 48.5 Å². The SMILES string of the molecule is Cc1ccc(CCC(=O)NC2CCN(Cc3ccccc3)C2)cc1Cl. The topological polar surface area (TPSA) is 32.3 Å². The molecule has 0 aliphatic carbocycles. The Morgan fingerprint density at radius 2 is 2.00 bits per heavy atom. The number of hydrogen-bond donors (Lipinski definition) is 1. The monoisotopic (exact) mass is 356 g/mol. The molecular formula is C21H25ClN2O. The number of carbonyl (C=O) groups excluding carboxylic acids is 1. The Labute approximate surface area is 155 Å². The minimum Gasteiger partial charge on any atom is -0.352 e. The highest BCUT2D eigenvalue weighted by atomic mass is 35.5. The fourth-order valence-electron chi connectivity index (χ4n) is 3.29. The van der Waals surface area contributed by atoms with Crippen LogP contribution in [0.3, 0.4) is 0 Å². The largest absolute Gasteiger partial charge is 0.352 e. The molecule has 0 spiro atoms. The van der Waals surface area contributed by atoms with E-state index in [0.717, 1.165) is 48.6 Å². The Kier molecular flexibility index (Phi) is 6.11. The maximum Gasteiger partial charge on any atom is 0.220 e. The fraction of sp³-hybridized carbons (Fsp3) is 0.381. The van der Waals surface area contributed by atoms with E-state index in [1.54, 1.807) is 0 Å². The summed E-state index contributed by atoms with van der Waals surface area (Å²) in [5.41, 5.74) is 3.51. The highest BCUT2D eigenvalue weighted by Crippen LogP contribution is 2.18. The highest BCUT2D eigenvalue weighted by Gasteiger charge is 2.23. The Morgan fingerprint density at radius 1 is 1.20 bits per heavy atom. The van der Waals surface area contributed by atoms with Crippen molar-refractivity contribution < 1.29 is 4.79 Å². The van der Waals surface area contributed by atoms with Crippen LogP contribution >= 0.6 is 11.6 Å². The zero-order chi connectivity index (χ0) is 17.6. The average Bonchev–Trinajstić information content (AvgIpc) is 3.03. The zero-order valence-corrected chi connectivity index (χ0v) is 15.4. The van der Waals surface area contributed by atoms with E-state index in [9.17, 15) is 4.79 Å². The lowest BCUT2D eigenvalue weighted by atomic mass is 10.1. The zero-order valence-electron chi connectivity index (χ0n) is 14.7. The average molecular weight is 357 g/mol. The minimum absolute atomic E-state index is 0.128. The van der Waals surface area contributed by atoms with Crippen LogP contribution in [0.5, 0.6) is 0 Å². The molecule has 1 atom stereocenters. The second kappa shape index (κ2) is 8.50. The van der Waals surface area contributed by atoms with E-state index in [1.807, 2.05) is 31.2 Å². The normalized spacial score (nSPS) is 17.6. The molecule has 1 N–H and O–H groups in total. The molecule has 0 radical (unpaired) electrons. The van der Waals surface area contributed by atoms with E-state index in [0.29, 0.717) is 6.42 Å². The summed E-state index contributed by atoms with van der Waals surface area (Å²) in [5.74, 6) is 0.128. The highest BCUT2D eigenvalue weighted by molar-refractivity contribution is 6.31. The molecule has 0 aromatic heterocycles. The van der Waals surface area contributed by atoms with Crippen LogP contribution in [0.25, 0.3) is 0 Å². The molecule has 1 aliphatic heterocycles. The molecule has 1 heterocycles. The van der Waals surface area contributed by atoms with Crippen molar-refractivity contribution in [3.8, 4) is 0 Å². The number of hydrogen-bond acceptors (Lipinski definition) is 2. The number of nitrogens with one attached hydrogen (secondary N) is 1. The third-order valence-corrected chi connectivity index (χ3v) is 5.17. The van der Waals surface area contributed by atoms with Gasteiger partial charge in [0, 0.05) is 37.1 Å². The van der Waals surface area contributed by atoms with Crippen LogP contribution in [0, 0.1) is 6.92 Å².